The Hall–Kier alpha value is -2.34. The van der Waals surface area contributed by atoms with Gasteiger partial charge in [-0.3, -0.25) is 19.2 Å². The largest absolute Gasteiger partial charge is 0.481 e. The number of amides is 3. The van der Waals surface area contributed by atoms with Gasteiger partial charge in [0.25, 0.3) is 0 Å². The van der Waals surface area contributed by atoms with Gasteiger partial charge >= 0.3 is 11.9 Å². The Labute approximate surface area is 136 Å². The van der Waals surface area contributed by atoms with Crippen LogP contribution in [0.1, 0.15) is 6.42 Å². The highest BCUT2D eigenvalue weighted by molar-refractivity contribution is 7.80. The summed E-state index contributed by atoms with van der Waals surface area (Å²) in [5.74, 6) is -5.00. The third-order valence-electron chi connectivity index (χ3n) is 2.41. The van der Waals surface area contributed by atoms with Gasteiger partial charge in [0.1, 0.15) is 6.04 Å². The van der Waals surface area contributed by atoms with Crippen LogP contribution in [0.4, 0.5) is 0 Å². The summed E-state index contributed by atoms with van der Waals surface area (Å²) in [7, 11) is 0. The molecule has 0 aromatic rings. The molecule has 0 aliphatic rings. The lowest BCUT2D eigenvalue weighted by Crippen LogP contribution is -2.49. The fourth-order valence-electron chi connectivity index (χ4n) is 1.24. The Bertz CT molecular complexity index is 485. The fraction of sp³-hybridized carbons (Fsp3) is 0.545. The zero-order chi connectivity index (χ0) is 18.0. The summed E-state index contributed by atoms with van der Waals surface area (Å²) in [6.45, 7) is -0.998. The molecule has 2 unspecified atom stereocenters. The number of hydrogen-bond acceptors (Lipinski definition) is 7. The molecule has 3 amide bonds. The van der Waals surface area contributed by atoms with Crippen LogP contribution in [0.3, 0.4) is 0 Å². The number of carboxylic acids is 2. The van der Waals surface area contributed by atoms with Gasteiger partial charge in [-0.2, -0.15) is 12.6 Å². The van der Waals surface area contributed by atoms with E-state index in [0.29, 0.717) is 0 Å². The number of carbonyl (C=O) groups excluding carboxylic acids is 3. The van der Waals surface area contributed by atoms with Gasteiger partial charge in [0.2, 0.25) is 17.7 Å². The van der Waals surface area contributed by atoms with Crippen molar-refractivity contribution in [1.29, 1.82) is 0 Å². The second-order valence-corrected chi connectivity index (χ2v) is 4.70. The predicted molar refractivity (Wildman–Crippen MR) is 79.7 cm³/mol. The smallest absolute Gasteiger partial charge is 0.326 e. The molecular formula is C11H18N4O7S. The summed E-state index contributed by atoms with van der Waals surface area (Å²) < 4.78 is 0. The van der Waals surface area contributed by atoms with Crippen LogP contribution in [-0.2, 0) is 24.0 Å². The Balaban J connectivity index is 4.17. The average Bonchev–Trinajstić information content (AvgIpc) is 2.48. The van der Waals surface area contributed by atoms with E-state index in [9.17, 15) is 24.0 Å². The Morgan fingerprint density at radius 2 is 1.57 bits per heavy atom. The SMILES string of the molecule is NC(CS)C(=O)NCC(=O)NCC(=O)NC(CC(=O)O)C(=O)O. The summed E-state index contributed by atoms with van der Waals surface area (Å²) in [5.41, 5.74) is 5.36. The second-order valence-electron chi connectivity index (χ2n) is 4.34. The zero-order valence-corrected chi connectivity index (χ0v) is 12.8. The highest BCUT2D eigenvalue weighted by Crippen LogP contribution is 1.92. The van der Waals surface area contributed by atoms with Crippen molar-refractivity contribution in [3.8, 4) is 0 Å². The van der Waals surface area contributed by atoms with E-state index in [1.807, 2.05) is 5.32 Å². The summed E-state index contributed by atoms with van der Waals surface area (Å²) in [5, 5.41) is 23.5. The molecule has 0 aromatic carbocycles. The maximum atomic E-state index is 11.4. The van der Waals surface area contributed by atoms with Gasteiger partial charge < -0.3 is 31.9 Å². The molecule has 11 nitrogen and oxygen atoms in total. The monoisotopic (exact) mass is 350 g/mol. The van der Waals surface area contributed by atoms with Gasteiger partial charge in [-0.1, -0.05) is 0 Å². The molecular weight excluding hydrogens is 332 g/mol. The number of aliphatic carboxylic acids is 2. The van der Waals surface area contributed by atoms with E-state index in [2.05, 4.69) is 23.3 Å². The van der Waals surface area contributed by atoms with Crippen LogP contribution in [0.15, 0.2) is 0 Å². The highest BCUT2D eigenvalue weighted by Gasteiger charge is 2.23. The first kappa shape index (κ1) is 20.7. The summed E-state index contributed by atoms with van der Waals surface area (Å²) in [6, 6.07) is -2.48. The van der Waals surface area contributed by atoms with Crippen molar-refractivity contribution in [2.75, 3.05) is 18.8 Å². The molecule has 0 rings (SSSR count). The van der Waals surface area contributed by atoms with E-state index in [0.717, 1.165) is 0 Å². The molecule has 2 atom stereocenters. The molecule has 0 aromatic heterocycles. The van der Waals surface area contributed by atoms with Gasteiger partial charge in [-0.15, -0.1) is 0 Å². The van der Waals surface area contributed by atoms with Crippen molar-refractivity contribution >= 4 is 42.3 Å². The fourth-order valence-corrected chi connectivity index (χ4v) is 1.41. The number of nitrogens with one attached hydrogen (secondary N) is 3. The van der Waals surface area contributed by atoms with Crippen molar-refractivity contribution in [3.63, 3.8) is 0 Å². The number of carbonyl (C=O) groups is 5. The van der Waals surface area contributed by atoms with Crippen LogP contribution in [0.5, 0.6) is 0 Å². The van der Waals surface area contributed by atoms with Gasteiger partial charge in [0, 0.05) is 5.75 Å². The van der Waals surface area contributed by atoms with Crippen LogP contribution in [-0.4, -0.2) is 70.8 Å². The highest BCUT2D eigenvalue weighted by atomic mass is 32.1. The van der Waals surface area contributed by atoms with Crippen molar-refractivity contribution in [2.24, 2.45) is 5.73 Å². The molecule has 7 N–H and O–H groups in total. The molecule has 0 bridgehead atoms. The molecule has 0 fully saturated rings. The second kappa shape index (κ2) is 10.4. The Morgan fingerprint density at radius 1 is 1.00 bits per heavy atom. The minimum atomic E-state index is -1.61. The first-order valence-corrected chi connectivity index (χ1v) is 6.95. The van der Waals surface area contributed by atoms with E-state index >= 15 is 0 Å². The molecule has 0 heterocycles. The van der Waals surface area contributed by atoms with Crippen LogP contribution >= 0.6 is 12.6 Å². The zero-order valence-electron chi connectivity index (χ0n) is 11.9. The minimum absolute atomic E-state index is 0.0933. The average molecular weight is 350 g/mol. The third kappa shape index (κ3) is 9.31. The number of carboxylic acid groups (broad SMARTS) is 2. The van der Waals surface area contributed by atoms with Gasteiger partial charge in [-0.05, 0) is 0 Å². The predicted octanol–water partition coefficient (Wildman–Crippen LogP) is -3.48. The lowest BCUT2D eigenvalue weighted by Gasteiger charge is -2.13. The van der Waals surface area contributed by atoms with Crippen LogP contribution in [0, 0.1) is 0 Å². The van der Waals surface area contributed by atoms with E-state index < -0.39 is 61.3 Å². The van der Waals surface area contributed by atoms with Crippen LogP contribution in [0.25, 0.3) is 0 Å². The molecule has 130 valence electrons. The Morgan fingerprint density at radius 3 is 2.04 bits per heavy atom. The van der Waals surface area contributed by atoms with Crippen molar-refractivity contribution in [2.45, 2.75) is 18.5 Å². The standard InChI is InChI=1S/C11H18N4O7S/c12-5(4-23)10(20)14-2-7(16)13-3-8(17)15-6(11(21)22)1-9(18)19/h5-6,23H,1-4,12H2,(H,13,16)(H,14,20)(H,15,17)(H,18,19)(H,21,22). The third-order valence-corrected chi connectivity index (χ3v) is 2.81. The molecule has 0 aliphatic heterocycles. The molecule has 0 aliphatic carbocycles. The van der Waals surface area contributed by atoms with E-state index in [1.165, 1.54) is 0 Å². The topological polar surface area (TPSA) is 188 Å². The van der Waals surface area contributed by atoms with E-state index in [1.54, 1.807) is 0 Å². The van der Waals surface area contributed by atoms with Crippen molar-refractivity contribution in [1.82, 2.24) is 16.0 Å². The maximum Gasteiger partial charge on any atom is 0.326 e. The molecule has 0 saturated heterocycles. The first-order chi connectivity index (χ1) is 10.7. The number of thiol groups is 1. The lowest BCUT2D eigenvalue weighted by molar-refractivity contribution is -0.147. The molecule has 0 saturated carbocycles. The summed E-state index contributed by atoms with van der Waals surface area (Å²) in [4.78, 5) is 55.3. The molecule has 23 heavy (non-hydrogen) atoms. The van der Waals surface area contributed by atoms with E-state index in [4.69, 9.17) is 15.9 Å². The number of hydrogen-bond donors (Lipinski definition) is 7. The normalized spacial score (nSPS) is 12.6. The lowest BCUT2D eigenvalue weighted by atomic mass is 10.2. The van der Waals surface area contributed by atoms with Crippen molar-refractivity contribution < 1.29 is 34.2 Å². The molecule has 0 spiro atoms. The Kier molecular flexibility index (Phi) is 9.34. The van der Waals surface area contributed by atoms with Crippen LogP contribution in [0.2, 0.25) is 0 Å². The van der Waals surface area contributed by atoms with Gasteiger partial charge in [0.15, 0.2) is 0 Å². The number of rotatable bonds is 10. The quantitative estimate of drug-likeness (QED) is 0.198. The summed E-state index contributed by atoms with van der Waals surface area (Å²) in [6.07, 6.45) is -0.799. The number of nitrogens with two attached hydrogens (primary N) is 1. The molecule has 0 radical (unpaired) electrons. The molecule has 12 heteroatoms. The van der Waals surface area contributed by atoms with Crippen molar-refractivity contribution in [3.05, 3.63) is 0 Å². The summed E-state index contributed by atoms with van der Waals surface area (Å²) >= 11 is 3.81. The van der Waals surface area contributed by atoms with E-state index in [-0.39, 0.29) is 5.75 Å². The maximum absolute atomic E-state index is 11.4. The van der Waals surface area contributed by atoms with Gasteiger partial charge in [-0.25, -0.2) is 4.79 Å². The minimum Gasteiger partial charge on any atom is -0.481 e. The first-order valence-electron chi connectivity index (χ1n) is 6.32. The van der Waals surface area contributed by atoms with Gasteiger partial charge in [0.05, 0.1) is 25.6 Å². The van der Waals surface area contributed by atoms with Crippen LogP contribution < -0.4 is 21.7 Å².